The summed E-state index contributed by atoms with van der Waals surface area (Å²) in [6, 6.07) is 1.15. The minimum Gasteiger partial charge on any atom is -0.467 e. The highest BCUT2D eigenvalue weighted by Gasteiger charge is 2.25. The van der Waals surface area contributed by atoms with E-state index < -0.39 is 6.04 Å². The number of rotatable bonds is 4. The molecule has 20 heavy (non-hydrogen) atoms. The number of carbonyl (C=O) groups is 1. The van der Waals surface area contributed by atoms with Crippen LogP contribution in [-0.4, -0.2) is 29.1 Å². The third kappa shape index (κ3) is 4.08. The Morgan fingerprint density at radius 1 is 1.35 bits per heavy atom. The first-order valence-electron chi connectivity index (χ1n) is 6.64. The van der Waals surface area contributed by atoms with E-state index >= 15 is 0 Å². The van der Waals surface area contributed by atoms with Crippen molar-refractivity contribution < 1.29 is 9.53 Å². The standard InChI is InChI=1S/C14H24N4O2/c1-8(2)11(12(19)20-6)17-10-7-9(15)16-13(18-10)14(3,4)5/h7-8,11H,1-6H3,(H3,15,16,17,18). The number of anilines is 2. The van der Waals surface area contributed by atoms with Crippen LogP contribution in [0.2, 0.25) is 0 Å². The Kier molecular flexibility index (Phi) is 4.92. The third-order valence-corrected chi connectivity index (χ3v) is 2.84. The van der Waals surface area contributed by atoms with Crippen LogP contribution < -0.4 is 11.1 Å². The zero-order valence-corrected chi connectivity index (χ0v) is 13.0. The van der Waals surface area contributed by atoms with Crippen molar-refractivity contribution in [1.82, 2.24) is 9.97 Å². The van der Waals surface area contributed by atoms with Gasteiger partial charge in [0.1, 0.15) is 23.5 Å². The van der Waals surface area contributed by atoms with Gasteiger partial charge >= 0.3 is 5.97 Å². The van der Waals surface area contributed by atoms with Crippen LogP contribution in [-0.2, 0) is 14.9 Å². The van der Waals surface area contributed by atoms with E-state index in [2.05, 4.69) is 15.3 Å². The number of carbonyl (C=O) groups excluding carboxylic acids is 1. The smallest absolute Gasteiger partial charge is 0.328 e. The molecule has 3 N–H and O–H groups in total. The summed E-state index contributed by atoms with van der Waals surface area (Å²) in [4.78, 5) is 20.4. The first kappa shape index (κ1) is 16.2. The lowest BCUT2D eigenvalue weighted by Crippen LogP contribution is -2.36. The number of nitrogens with two attached hydrogens (primary N) is 1. The quantitative estimate of drug-likeness (QED) is 0.819. The van der Waals surface area contributed by atoms with Crippen molar-refractivity contribution in [1.29, 1.82) is 0 Å². The summed E-state index contributed by atoms with van der Waals surface area (Å²) in [6.45, 7) is 9.89. The van der Waals surface area contributed by atoms with Crippen molar-refractivity contribution in [2.45, 2.75) is 46.1 Å². The summed E-state index contributed by atoms with van der Waals surface area (Å²) in [5, 5.41) is 3.08. The summed E-state index contributed by atoms with van der Waals surface area (Å²) < 4.78 is 4.80. The molecule has 0 saturated carbocycles. The van der Waals surface area contributed by atoms with Gasteiger partial charge in [-0.25, -0.2) is 14.8 Å². The maximum Gasteiger partial charge on any atom is 0.328 e. The molecule has 0 amide bonds. The Morgan fingerprint density at radius 2 is 1.95 bits per heavy atom. The minimum absolute atomic E-state index is 0.0664. The fourth-order valence-electron chi connectivity index (χ4n) is 1.66. The largest absolute Gasteiger partial charge is 0.467 e. The van der Waals surface area contributed by atoms with Gasteiger partial charge in [-0.05, 0) is 5.92 Å². The van der Waals surface area contributed by atoms with Crippen molar-refractivity contribution in [3.8, 4) is 0 Å². The van der Waals surface area contributed by atoms with Crippen molar-refractivity contribution in [3.05, 3.63) is 11.9 Å². The molecule has 0 aromatic carbocycles. The number of nitrogens with zero attached hydrogens (tertiary/aromatic N) is 2. The summed E-state index contributed by atoms with van der Waals surface area (Å²) in [5.41, 5.74) is 5.59. The van der Waals surface area contributed by atoms with Gasteiger partial charge in [-0.3, -0.25) is 0 Å². The monoisotopic (exact) mass is 280 g/mol. The molecule has 0 bridgehead atoms. The van der Waals surface area contributed by atoms with Crippen molar-refractivity contribution in [3.63, 3.8) is 0 Å². The average Bonchev–Trinajstić information content (AvgIpc) is 2.33. The van der Waals surface area contributed by atoms with Crippen molar-refractivity contribution in [2.75, 3.05) is 18.2 Å². The molecule has 1 aromatic rings. The topological polar surface area (TPSA) is 90.1 Å². The number of ether oxygens (including phenoxy) is 1. The SMILES string of the molecule is COC(=O)C(Nc1cc(N)nc(C(C)(C)C)n1)C(C)C. The zero-order chi connectivity index (χ0) is 15.5. The van der Waals surface area contributed by atoms with Crippen LogP contribution in [0.4, 0.5) is 11.6 Å². The molecule has 0 saturated heterocycles. The fourth-order valence-corrected chi connectivity index (χ4v) is 1.66. The molecular weight excluding hydrogens is 256 g/mol. The summed E-state index contributed by atoms with van der Waals surface area (Å²) in [6.07, 6.45) is 0. The van der Waals surface area contributed by atoms with Crippen LogP contribution in [0, 0.1) is 5.92 Å². The van der Waals surface area contributed by atoms with Crippen LogP contribution in [0.1, 0.15) is 40.4 Å². The molecule has 0 aliphatic rings. The first-order chi connectivity index (χ1) is 9.15. The van der Waals surface area contributed by atoms with E-state index in [0.717, 1.165) is 0 Å². The first-order valence-corrected chi connectivity index (χ1v) is 6.64. The van der Waals surface area contributed by atoms with Gasteiger partial charge in [0.25, 0.3) is 0 Å². The molecule has 0 fully saturated rings. The van der Waals surface area contributed by atoms with Crippen molar-refractivity contribution in [2.24, 2.45) is 5.92 Å². The van der Waals surface area contributed by atoms with Crippen LogP contribution in [0.15, 0.2) is 6.07 Å². The summed E-state index contributed by atoms with van der Waals surface area (Å²) in [5.74, 6) is 1.28. The Morgan fingerprint density at radius 3 is 2.40 bits per heavy atom. The number of nitrogens with one attached hydrogen (secondary N) is 1. The molecule has 0 spiro atoms. The van der Waals surface area contributed by atoms with Crippen LogP contribution in [0.5, 0.6) is 0 Å². The lowest BCUT2D eigenvalue weighted by molar-refractivity contribution is -0.142. The number of hydrogen-bond acceptors (Lipinski definition) is 6. The molecule has 1 aromatic heterocycles. The average molecular weight is 280 g/mol. The molecule has 0 aliphatic heterocycles. The number of nitrogen functional groups attached to an aromatic ring is 1. The van der Waals surface area contributed by atoms with Gasteiger partial charge in [-0.2, -0.15) is 0 Å². The number of hydrogen-bond donors (Lipinski definition) is 2. The predicted octanol–water partition coefficient (Wildman–Crippen LogP) is 1.97. The van der Waals surface area contributed by atoms with E-state index in [9.17, 15) is 4.79 Å². The summed E-state index contributed by atoms with van der Waals surface area (Å²) in [7, 11) is 1.37. The van der Waals surface area contributed by atoms with Crippen LogP contribution >= 0.6 is 0 Å². The molecule has 6 nitrogen and oxygen atoms in total. The summed E-state index contributed by atoms with van der Waals surface area (Å²) >= 11 is 0. The van der Waals surface area contributed by atoms with Gasteiger partial charge in [0, 0.05) is 11.5 Å². The van der Waals surface area contributed by atoms with E-state index in [4.69, 9.17) is 10.5 Å². The van der Waals surface area contributed by atoms with Gasteiger partial charge in [0.05, 0.1) is 7.11 Å². The Hall–Kier alpha value is -1.85. The van der Waals surface area contributed by atoms with Crippen LogP contribution in [0.25, 0.3) is 0 Å². The molecule has 1 heterocycles. The molecule has 0 aliphatic carbocycles. The number of aromatic nitrogens is 2. The maximum atomic E-state index is 11.8. The molecule has 0 radical (unpaired) electrons. The highest BCUT2D eigenvalue weighted by Crippen LogP contribution is 2.22. The Balaban J connectivity index is 3.07. The molecule has 1 unspecified atom stereocenters. The molecule has 1 atom stereocenters. The number of esters is 1. The maximum absolute atomic E-state index is 11.8. The van der Waals surface area contributed by atoms with Gasteiger partial charge in [0.15, 0.2) is 0 Å². The van der Waals surface area contributed by atoms with Crippen molar-refractivity contribution >= 4 is 17.6 Å². The van der Waals surface area contributed by atoms with E-state index in [1.807, 2.05) is 34.6 Å². The third-order valence-electron chi connectivity index (χ3n) is 2.84. The normalized spacial score (nSPS) is 13.2. The van der Waals surface area contributed by atoms with Crippen LogP contribution in [0.3, 0.4) is 0 Å². The molecule has 1 rings (SSSR count). The van der Waals surface area contributed by atoms with Gasteiger partial charge in [-0.1, -0.05) is 34.6 Å². The fraction of sp³-hybridized carbons (Fsp3) is 0.643. The Bertz CT molecular complexity index is 481. The van der Waals surface area contributed by atoms with E-state index in [1.54, 1.807) is 6.07 Å². The van der Waals surface area contributed by atoms with E-state index in [0.29, 0.717) is 17.5 Å². The van der Waals surface area contributed by atoms with E-state index in [1.165, 1.54) is 7.11 Å². The second-order valence-corrected chi connectivity index (χ2v) is 6.14. The lowest BCUT2D eigenvalue weighted by atomic mass is 9.96. The Labute approximate surface area is 120 Å². The lowest BCUT2D eigenvalue weighted by Gasteiger charge is -2.22. The molecule has 6 heteroatoms. The zero-order valence-electron chi connectivity index (χ0n) is 13.0. The van der Waals surface area contributed by atoms with E-state index in [-0.39, 0.29) is 17.3 Å². The highest BCUT2D eigenvalue weighted by molar-refractivity contribution is 5.79. The second kappa shape index (κ2) is 6.07. The highest BCUT2D eigenvalue weighted by atomic mass is 16.5. The van der Waals surface area contributed by atoms with Gasteiger partial charge in [-0.15, -0.1) is 0 Å². The second-order valence-electron chi connectivity index (χ2n) is 6.14. The van der Waals surface area contributed by atoms with Gasteiger partial charge in [0.2, 0.25) is 0 Å². The molecule has 112 valence electrons. The number of methoxy groups -OCH3 is 1. The predicted molar refractivity (Wildman–Crippen MR) is 79.4 cm³/mol. The van der Waals surface area contributed by atoms with Gasteiger partial charge < -0.3 is 15.8 Å². The molecular formula is C14H24N4O2. The minimum atomic E-state index is -0.470.